The van der Waals surface area contributed by atoms with E-state index >= 15 is 0 Å². The number of sulfone groups is 1. The van der Waals surface area contributed by atoms with Gasteiger partial charge < -0.3 is 10.1 Å². The van der Waals surface area contributed by atoms with Crippen molar-refractivity contribution in [2.24, 2.45) is 5.92 Å². The number of carbonyl (C=O) groups is 1. The Kier molecular flexibility index (Phi) is 5.38. The fourth-order valence-electron chi connectivity index (χ4n) is 2.84. The Morgan fingerprint density at radius 3 is 2.60 bits per heavy atom. The smallest absolute Gasteiger partial charge is 0.221 e. The molecule has 0 radical (unpaired) electrons. The average Bonchev–Trinajstić information content (AvgIpc) is 2.65. The molecule has 1 atom stereocenters. The van der Waals surface area contributed by atoms with Gasteiger partial charge in [0.15, 0.2) is 9.84 Å². The highest BCUT2D eigenvalue weighted by Crippen LogP contribution is 2.26. The number of nitrogens with one attached hydrogen (secondary N) is 1. The van der Waals surface area contributed by atoms with E-state index in [1.54, 1.807) is 30.3 Å². The molecular weight excluding hydrogens is 338 g/mol. The fourth-order valence-corrected chi connectivity index (χ4v) is 4.10. The molecular formula is C19H21NO4S. The number of rotatable bonds is 6. The van der Waals surface area contributed by atoms with E-state index in [0.29, 0.717) is 13.2 Å². The van der Waals surface area contributed by atoms with Gasteiger partial charge in [-0.1, -0.05) is 36.4 Å². The van der Waals surface area contributed by atoms with Crippen LogP contribution >= 0.6 is 0 Å². The van der Waals surface area contributed by atoms with Crippen LogP contribution in [0, 0.1) is 5.92 Å². The lowest BCUT2D eigenvalue weighted by atomic mass is 9.97. The number of fused-ring (bicyclic) bond motifs is 1. The second-order valence-electron chi connectivity index (χ2n) is 6.17. The molecule has 1 N–H and O–H groups in total. The van der Waals surface area contributed by atoms with Crippen molar-refractivity contribution >= 4 is 15.7 Å². The van der Waals surface area contributed by atoms with E-state index in [0.717, 1.165) is 17.7 Å². The van der Waals surface area contributed by atoms with Crippen LogP contribution in [0.1, 0.15) is 12.0 Å². The Morgan fingerprint density at radius 1 is 1.08 bits per heavy atom. The molecule has 0 aliphatic carbocycles. The Balaban J connectivity index is 1.46. The van der Waals surface area contributed by atoms with E-state index in [1.807, 2.05) is 24.3 Å². The van der Waals surface area contributed by atoms with Crippen LogP contribution in [0.4, 0.5) is 0 Å². The predicted octanol–water partition coefficient (Wildman–Crippen LogP) is 2.22. The molecule has 0 aromatic heterocycles. The first-order valence-electron chi connectivity index (χ1n) is 8.30. The topological polar surface area (TPSA) is 72.5 Å². The molecule has 0 bridgehead atoms. The van der Waals surface area contributed by atoms with Crippen LogP contribution in [0.5, 0.6) is 5.75 Å². The van der Waals surface area contributed by atoms with E-state index in [1.165, 1.54) is 0 Å². The van der Waals surface area contributed by atoms with Crippen molar-refractivity contribution in [3.63, 3.8) is 0 Å². The standard InChI is InChI=1S/C19H21NO4S/c21-19(10-11-25(22,23)17-7-2-1-3-8-17)20-13-15-12-16-6-4-5-9-18(16)24-14-15/h1-9,15H,10-14H2,(H,20,21). The summed E-state index contributed by atoms with van der Waals surface area (Å²) in [6, 6.07) is 16.1. The third-order valence-electron chi connectivity index (χ3n) is 4.24. The summed E-state index contributed by atoms with van der Waals surface area (Å²) in [6.45, 7) is 1.04. The lowest BCUT2D eigenvalue weighted by molar-refractivity contribution is -0.120. The zero-order valence-electron chi connectivity index (χ0n) is 13.9. The van der Waals surface area contributed by atoms with Gasteiger partial charge in [0, 0.05) is 18.9 Å². The van der Waals surface area contributed by atoms with Crippen molar-refractivity contribution in [1.82, 2.24) is 5.32 Å². The minimum Gasteiger partial charge on any atom is -0.493 e. The molecule has 6 heteroatoms. The molecule has 25 heavy (non-hydrogen) atoms. The summed E-state index contributed by atoms with van der Waals surface area (Å²) in [5.41, 5.74) is 1.14. The Hall–Kier alpha value is -2.34. The van der Waals surface area contributed by atoms with Gasteiger partial charge in [-0.05, 0) is 30.2 Å². The minimum atomic E-state index is -3.42. The summed E-state index contributed by atoms with van der Waals surface area (Å²) in [6.07, 6.45) is 0.806. The van der Waals surface area contributed by atoms with Crippen molar-refractivity contribution in [3.05, 3.63) is 60.2 Å². The third kappa shape index (κ3) is 4.60. The van der Waals surface area contributed by atoms with E-state index < -0.39 is 9.84 Å². The summed E-state index contributed by atoms with van der Waals surface area (Å²) in [7, 11) is -3.42. The summed E-state index contributed by atoms with van der Waals surface area (Å²) in [5, 5.41) is 2.82. The number of carbonyl (C=O) groups excluding carboxylic acids is 1. The van der Waals surface area contributed by atoms with Gasteiger partial charge in [-0.15, -0.1) is 0 Å². The van der Waals surface area contributed by atoms with Crippen LogP contribution in [0.25, 0.3) is 0 Å². The predicted molar refractivity (Wildman–Crippen MR) is 95.3 cm³/mol. The number of hydrogen-bond acceptors (Lipinski definition) is 4. The van der Waals surface area contributed by atoms with Crippen LogP contribution < -0.4 is 10.1 Å². The molecule has 3 rings (SSSR count). The van der Waals surface area contributed by atoms with E-state index in [2.05, 4.69) is 5.32 Å². The van der Waals surface area contributed by atoms with Gasteiger partial charge >= 0.3 is 0 Å². The number of ether oxygens (including phenoxy) is 1. The van der Waals surface area contributed by atoms with E-state index in [4.69, 9.17) is 4.74 Å². The van der Waals surface area contributed by atoms with Gasteiger partial charge in [0.1, 0.15) is 5.75 Å². The largest absolute Gasteiger partial charge is 0.493 e. The van der Waals surface area contributed by atoms with Gasteiger partial charge in [-0.2, -0.15) is 0 Å². The second-order valence-corrected chi connectivity index (χ2v) is 8.28. The Bertz CT molecular complexity index is 834. The van der Waals surface area contributed by atoms with E-state index in [9.17, 15) is 13.2 Å². The highest BCUT2D eigenvalue weighted by molar-refractivity contribution is 7.91. The van der Waals surface area contributed by atoms with Crippen molar-refractivity contribution < 1.29 is 17.9 Å². The maximum atomic E-state index is 12.2. The fraction of sp³-hybridized carbons (Fsp3) is 0.316. The number of hydrogen-bond donors (Lipinski definition) is 1. The van der Waals surface area contributed by atoms with Gasteiger partial charge in [-0.25, -0.2) is 8.42 Å². The zero-order valence-corrected chi connectivity index (χ0v) is 14.7. The van der Waals surface area contributed by atoms with Crippen molar-refractivity contribution in [2.75, 3.05) is 18.9 Å². The Morgan fingerprint density at radius 2 is 1.80 bits per heavy atom. The lowest BCUT2D eigenvalue weighted by Crippen LogP contribution is -2.35. The molecule has 5 nitrogen and oxygen atoms in total. The van der Waals surface area contributed by atoms with Gasteiger partial charge in [-0.3, -0.25) is 4.79 Å². The first kappa shape index (κ1) is 17.5. The molecule has 1 amide bonds. The maximum absolute atomic E-state index is 12.2. The van der Waals surface area contributed by atoms with Gasteiger partial charge in [0.05, 0.1) is 17.3 Å². The third-order valence-corrected chi connectivity index (χ3v) is 5.98. The molecule has 0 fully saturated rings. The van der Waals surface area contributed by atoms with Crippen LogP contribution in [0.2, 0.25) is 0 Å². The number of para-hydroxylation sites is 1. The SMILES string of the molecule is O=C(CCS(=O)(=O)c1ccccc1)NCC1COc2ccccc2C1. The van der Waals surface area contributed by atoms with Crippen LogP contribution in [0.15, 0.2) is 59.5 Å². The Labute approximate surface area is 147 Å². The normalized spacial score (nSPS) is 16.6. The minimum absolute atomic E-state index is 0.0403. The second kappa shape index (κ2) is 7.70. The zero-order chi connectivity index (χ0) is 17.7. The molecule has 132 valence electrons. The summed E-state index contributed by atoms with van der Waals surface area (Å²) >= 11 is 0. The number of benzene rings is 2. The first-order valence-corrected chi connectivity index (χ1v) is 9.95. The quantitative estimate of drug-likeness (QED) is 0.858. The summed E-state index contributed by atoms with van der Waals surface area (Å²) in [5.74, 6) is 0.661. The molecule has 1 heterocycles. The average molecular weight is 359 g/mol. The van der Waals surface area contributed by atoms with Crippen molar-refractivity contribution in [2.45, 2.75) is 17.7 Å². The molecule has 2 aromatic carbocycles. The summed E-state index contributed by atoms with van der Waals surface area (Å²) < 4.78 is 30.1. The monoisotopic (exact) mass is 359 g/mol. The van der Waals surface area contributed by atoms with Gasteiger partial charge in [0.2, 0.25) is 5.91 Å². The van der Waals surface area contributed by atoms with Crippen LogP contribution in [-0.4, -0.2) is 33.2 Å². The molecule has 0 spiro atoms. The lowest BCUT2D eigenvalue weighted by Gasteiger charge is -2.25. The molecule has 0 saturated carbocycles. The molecule has 1 aliphatic heterocycles. The highest BCUT2D eigenvalue weighted by atomic mass is 32.2. The van der Waals surface area contributed by atoms with Crippen LogP contribution in [-0.2, 0) is 21.1 Å². The maximum Gasteiger partial charge on any atom is 0.221 e. The van der Waals surface area contributed by atoms with Crippen LogP contribution in [0.3, 0.4) is 0 Å². The van der Waals surface area contributed by atoms with Gasteiger partial charge in [0.25, 0.3) is 0 Å². The highest BCUT2D eigenvalue weighted by Gasteiger charge is 2.21. The van der Waals surface area contributed by atoms with Crippen molar-refractivity contribution in [1.29, 1.82) is 0 Å². The molecule has 0 saturated heterocycles. The molecule has 2 aromatic rings. The van der Waals surface area contributed by atoms with E-state index in [-0.39, 0.29) is 28.9 Å². The molecule has 1 unspecified atom stereocenters. The number of amides is 1. The van der Waals surface area contributed by atoms with Crippen molar-refractivity contribution in [3.8, 4) is 5.75 Å². The molecule has 1 aliphatic rings. The summed E-state index contributed by atoms with van der Waals surface area (Å²) in [4.78, 5) is 12.2. The first-order chi connectivity index (χ1) is 12.0.